The number of aryl methyl sites for hydroxylation is 2. The molecular formula is C18H21N5S. The summed E-state index contributed by atoms with van der Waals surface area (Å²) in [7, 11) is 4.07. The highest BCUT2D eigenvalue weighted by Gasteiger charge is 2.08. The van der Waals surface area contributed by atoms with E-state index >= 15 is 0 Å². The number of nitrogens with zero attached hydrogens (tertiary/aromatic N) is 4. The van der Waals surface area contributed by atoms with Gasteiger partial charge >= 0.3 is 0 Å². The number of aromatic nitrogens is 3. The van der Waals surface area contributed by atoms with Gasteiger partial charge in [0.1, 0.15) is 10.7 Å². The molecule has 3 rings (SSSR count). The SMILES string of the molecule is Cc1cc(C)cc(Nc2nccc(-c3nc(CN(C)C)cs3)n2)c1. The van der Waals surface area contributed by atoms with Crippen LogP contribution in [-0.4, -0.2) is 33.9 Å². The van der Waals surface area contributed by atoms with Gasteiger partial charge in [0.2, 0.25) is 5.95 Å². The molecular weight excluding hydrogens is 318 g/mol. The molecule has 0 atom stereocenters. The Hall–Kier alpha value is -2.31. The Bertz CT molecular complexity index is 821. The fraction of sp³-hybridized carbons (Fsp3) is 0.278. The minimum absolute atomic E-state index is 0.585. The standard InChI is InChI=1S/C18H21N5S/c1-12-7-13(2)9-14(8-12)21-18-19-6-5-16(22-18)17-20-15(11-24-17)10-23(3)4/h5-9,11H,10H2,1-4H3,(H,19,21,22). The molecule has 0 aliphatic rings. The van der Waals surface area contributed by atoms with Crippen LogP contribution in [0, 0.1) is 13.8 Å². The van der Waals surface area contributed by atoms with Gasteiger partial charge in [0.15, 0.2) is 0 Å². The molecule has 0 unspecified atom stereocenters. The van der Waals surface area contributed by atoms with E-state index in [1.165, 1.54) is 11.1 Å². The molecule has 0 spiro atoms. The molecule has 0 amide bonds. The molecule has 1 aromatic carbocycles. The van der Waals surface area contributed by atoms with Crippen molar-refractivity contribution in [3.05, 3.63) is 52.7 Å². The number of hydrogen-bond acceptors (Lipinski definition) is 6. The van der Waals surface area contributed by atoms with Crippen LogP contribution in [-0.2, 0) is 6.54 Å². The van der Waals surface area contributed by atoms with Gasteiger partial charge in [-0.3, -0.25) is 0 Å². The van der Waals surface area contributed by atoms with E-state index in [9.17, 15) is 0 Å². The van der Waals surface area contributed by atoms with E-state index in [0.717, 1.165) is 28.6 Å². The van der Waals surface area contributed by atoms with Crippen molar-refractivity contribution < 1.29 is 0 Å². The van der Waals surface area contributed by atoms with Crippen molar-refractivity contribution >= 4 is 23.0 Å². The van der Waals surface area contributed by atoms with Gasteiger partial charge in [-0.05, 0) is 57.3 Å². The van der Waals surface area contributed by atoms with Crippen LogP contribution < -0.4 is 5.32 Å². The van der Waals surface area contributed by atoms with Crippen LogP contribution >= 0.6 is 11.3 Å². The highest BCUT2D eigenvalue weighted by atomic mass is 32.1. The number of hydrogen-bond donors (Lipinski definition) is 1. The molecule has 1 N–H and O–H groups in total. The van der Waals surface area contributed by atoms with Crippen LogP contribution in [0.4, 0.5) is 11.6 Å². The van der Waals surface area contributed by atoms with Crippen molar-refractivity contribution in [1.82, 2.24) is 19.9 Å². The highest BCUT2D eigenvalue weighted by Crippen LogP contribution is 2.24. The lowest BCUT2D eigenvalue weighted by Gasteiger charge is -2.08. The van der Waals surface area contributed by atoms with Gasteiger partial charge in [-0.15, -0.1) is 11.3 Å². The van der Waals surface area contributed by atoms with Gasteiger partial charge in [-0.2, -0.15) is 0 Å². The summed E-state index contributed by atoms with van der Waals surface area (Å²) >= 11 is 1.61. The van der Waals surface area contributed by atoms with Crippen LogP contribution in [0.25, 0.3) is 10.7 Å². The molecule has 124 valence electrons. The van der Waals surface area contributed by atoms with Gasteiger partial charge in [0.05, 0.1) is 5.69 Å². The third kappa shape index (κ3) is 4.15. The second-order valence-corrected chi connectivity index (χ2v) is 7.01. The van der Waals surface area contributed by atoms with Crippen LogP contribution in [0.15, 0.2) is 35.8 Å². The Morgan fingerprint density at radius 3 is 2.54 bits per heavy atom. The quantitative estimate of drug-likeness (QED) is 0.761. The van der Waals surface area contributed by atoms with E-state index in [1.807, 2.05) is 20.2 Å². The lowest BCUT2D eigenvalue weighted by molar-refractivity contribution is 0.398. The molecule has 0 radical (unpaired) electrons. The lowest BCUT2D eigenvalue weighted by Crippen LogP contribution is -2.10. The zero-order valence-corrected chi connectivity index (χ0v) is 15.2. The van der Waals surface area contributed by atoms with Gasteiger partial charge in [-0.25, -0.2) is 15.0 Å². The van der Waals surface area contributed by atoms with E-state index in [2.05, 4.69) is 62.6 Å². The number of nitrogens with one attached hydrogen (secondary N) is 1. The molecule has 0 saturated carbocycles. The van der Waals surface area contributed by atoms with E-state index in [0.29, 0.717) is 5.95 Å². The second-order valence-electron chi connectivity index (χ2n) is 6.15. The minimum Gasteiger partial charge on any atom is -0.324 e. The van der Waals surface area contributed by atoms with Gasteiger partial charge in [0, 0.05) is 23.8 Å². The van der Waals surface area contributed by atoms with Crippen molar-refractivity contribution in [2.75, 3.05) is 19.4 Å². The summed E-state index contributed by atoms with van der Waals surface area (Å²) in [4.78, 5) is 15.7. The zero-order valence-electron chi connectivity index (χ0n) is 14.4. The van der Waals surface area contributed by atoms with Crippen LogP contribution in [0.1, 0.15) is 16.8 Å². The Labute approximate surface area is 146 Å². The first kappa shape index (κ1) is 16.5. The molecule has 3 aromatic rings. The van der Waals surface area contributed by atoms with Crippen molar-refractivity contribution in [2.24, 2.45) is 0 Å². The maximum atomic E-state index is 4.66. The summed E-state index contributed by atoms with van der Waals surface area (Å²) in [6.07, 6.45) is 1.76. The molecule has 0 aliphatic carbocycles. The van der Waals surface area contributed by atoms with Crippen molar-refractivity contribution in [2.45, 2.75) is 20.4 Å². The smallest absolute Gasteiger partial charge is 0.227 e. The van der Waals surface area contributed by atoms with E-state index in [-0.39, 0.29) is 0 Å². The van der Waals surface area contributed by atoms with Crippen LogP contribution in [0.2, 0.25) is 0 Å². The summed E-state index contributed by atoms with van der Waals surface area (Å²) < 4.78 is 0. The first-order chi connectivity index (χ1) is 11.5. The largest absolute Gasteiger partial charge is 0.324 e. The Morgan fingerprint density at radius 1 is 1.08 bits per heavy atom. The fourth-order valence-electron chi connectivity index (χ4n) is 2.54. The average molecular weight is 339 g/mol. The molecule has 0 fully saturated rings. The molecule has 2 heterocycles. The Morgan fingerprint density at radius 2 is 1.83 bits per heavy atom. The third-order valence-corrected chi connectivity index (χ3v) is 4.30. The molecule has 0 bridgehead atoms. The Balaban J connectivity index is 1.82. The van der Waals surface area contributed by atoms with E-state index < -0.39 is 0 Å². The first-order valence-corrected chi connectivity index (χ1v) is 8.65. The normalized spacial score (nSPS) is 11.0. The summed E-state index contributed by atoms with van der Waals surface area (Å²) in [6, 6.07) is 8.21. The van der Waals surface area contributed by atoms with Crippen molar-refractivity contribution in [3.63, 3.8) is 0 Å². The number of thiazole rings is 1. The average Bonchev–Trinajstić information content (AvgIpc) is 2.94. The van der Waals surface area contributed by atoms with Gasteiger partial charge in [0.25, 0.3) is 0 Å². The van der Waals surface area contributed by atoms with Crippen molar-refractivity contribution in [1.29, 1.82) is 0 Å². The summed E-state index contributed by atoms with van der Waals surface area (Å²) in [5.74, 6) is 0.585. The first-order valence-electron chi connectivity index (χ1n) is 7.77. The van der Waals surface area contributed by atoms with Crippen LogP contribution in [0.3, 0.4) is 0 Å². The predicted octanol–water partition coefficient (Wildman–Crippen LogP) is 4.02. The summed E-state index contributed by atoms with van der Waals surface area (Å²) in [5, 5.41) is 6.27. The van der Waals surface area contributed by atoms with Crippen molar-refractivity contribution in [3.8, 4) is 10.7 Å². The molecule has 0 saturated heterocycles. The minimum atomic E-state index is 0.585. The summed E-state index contributed by atoms with van der Waals surface area (Å²) in [5.41, 5.74) is 5.32. The monoisotopic (exact) mass is 339 g/mol. The lowest BCUT2D eigenvalue weighted by atomic mass is 10.1. The van der Waals surface area contributed by atoms with E-state index in [4.69, 9.17) is 0 Å². The predicted molar refractivity (Wildman–Crippen MR) is 99.7 cm³/mol. The number of benzene rings is 1. The number of rotatable bonds is 5. The molecule has 6 heteroatoms. The molecule has 2 aromatic heterocycles. The maximum absolute atomic E-state index is 4.66. The zero-order chi connectivity index (χ0) is 17.1. The fourth-order valence-corrected chi connectivity index (χ4v) is 3.31. The number of anilines is 2. The topological polar surface area (TPSA) is 53.9 Å². The molecule has 24 heavy (non-hydrogen) atoms. The maximum Gasteiger partial charge on any atom is 0.227 e. The highest BCUT2D eigenvalue weighted by molar-refractivity contribution is 7.13. The second kappa shape index (κ2) is 7.07. The molecule has 5 nitrogen and oxygen atoms in total. The molecule has 0 aliphatic heterocycles. The third-order valence-electron chi connectivity index (χ3n) is 3.38. The van der Waals surface area contributed by atoms with Gasteiger partial charge < -0.3 is 10.2 Å². The summed E-state index contributed by atoms with van der Waals surface area (Å²) in [6.45, 7) is 4.99. The Kier molecular flexibility index (Phi) is 4.87. The van der Waals surface area contributed by atoms with Gasteiger partial charge in [-0.1, -0.05) is 6.07 Å². The van der Waals surface area contributed by atoms with Crippen LogP contribution in [0.5, 0.6) is 0 Å². The van der Waals surface area contributed by atoms with E-state index in [1.54, 1.807) is 17.5 Å².